The van der Waals surface area contributed by atoms with Crippen LogP contribution in [0.3, 0.4) is 0 Å². The highest BCUT2D eigenvalue weighted by Crippen LogP contribution is 2.50. The van der Waals surface area contributed by atoms with Crippen LogP contribution in [0.25, 0.3) is 0 Å². The second-order valence-electron chi connectivity index (χ2n) is 6.16. The van der Waals surface area contributed by atoms with E-state index in [0.29, 0.717) is 5.76 Å². The van der Waals surface area contributed by atoms with Gasteiger partial charge in [-0.15, -0.1) is 0 Å². The van der Waals surface area contributed by atoms with Gasteiger partial charge in [0.15, 0.2) is 0 Å². The molecule has 1 spiro atoms. The van der Waals surface area contributed by atoms with E-state index in [-0.39, 0.29) is 20.6 Å². The molecule has 4 atom stereocenters. The van der Waals surface area contributed by atoms with Crippen LogP contribution < -0.4 is 0 Å². The quantitative estimate of drug-likeness (QED) is 0.404. The predicted octanol–water partition coefficient (Wildman–Crippen LogP) is 0.602. The number of carbonyl (C=O) groups is 4. The number of furan rings is 1. The molecule has 4 aliphatic heterocycles. The maximum atomic E-state index is 11.4. The molecule has 5 heterocycles. The molecule has 2 N–H and O–H groups in total. The molecule has 0 radical (unpaired) electrons. The number of aliphatic hydroxyl groups is 1. The molecule has 0 saturated carbocycles. The van der Waals surface area contributed by atoms with Crippen molar-refractivity contribution in [2.75, 3.05) is 6.61 Å². The fourth-order valence-corrected chi connectivity index (χ4v) is 3.23. The lowest BCUT2D eigenvalue weighted by atomic mass is 9.77. The van der Waals surface area contributed by atoms with Gasteiger partial charge in [0.2, 0.25) is 0 Å². The molecule has 0 aliphatic carbocycles. The minimum absolute atomic E-state index is 0. The van der Waals surface area contributed by atoms with Crippen LogP contribution in [0.1, 0.15) is 13.2 Å². The van der Waals surface area contributed by atoms with Crippen LogP contribution in [-0.4, -0.2) is 52.4 Å². The zero-order valence-corrected chi connectivity index (χ0v) is 14.3. The Morgan fingerprint density at radius 1 is 1.21 bits per heavy atom. The van der Waals surface area contributed by atoms with Crippen molar-refractivity contribution in [2.24, 2.45) is 11.8 Å². The predicted molar refractivity (Wildman–Crippen MR) is 93.9 cm³/mol. The van der Waals surface area contributed by atoms with Gasteiger partial charge in [0, 0.05) is 12.2 Å². The number of esters is 3. The summed E-state index contributed by atoms with van der Waals surface area (Å²) in [5, 5.41) is 17.3. The number of carboxylic acids is 1. The summed E-state index contributed by atoms with van der Waals surface area (Å²) in [4.78, 5) is 42.2. The van der Waals surface area contributed by atoms with Crippen LogP contribution in [0.15, 0.2) is 47.1 Å². The average Bonchev–Trinajstić information content (AvgIpc) is 3.46. The van der Waals surface area contributed by atoms with Gasteiger partial charge >= 0.3 is 23.9 Å². The Morgan fingerprint density at radius 3 is 2.34 bits per heavy atom. The highest BCUT2D eigenvalue weighted by atomic mass is 16.6. The lowest BCUT2D eigenvalue weighted by Gasteiger charge is -2.19. The first-order chi connectivity index (χ1) is 13.4. The number of aliphatic hydroxyl groups excluding tert-OH is 1. The fourth-order valence-electron chi connectivity index (χ4n) is 3.23. The maximum absolute atomic E-state index is 11.4. The highest BCUT2D eigenvalue weighted by Gasteiger charge is 2.66. The smallest absolute Gasteiger partial charge is 0.338 e. The van der Waals surface area contributed by atoms with Crippen LogP contribution in [0, 0.1) is 11.8 Å². The van der Waals surface area contributed by atoms with Gasteiger partial charge in [-0.05, 0) is 18.2 Å². The van der Waals surface area contributed by atoms with Crippen molar-refractivity contribution in [3.05, 3.63) is 48.5 Å². The first-order valence-corrected chi connectivity index (χ1v) is 8.20. The van der Waals surface area contributed by atoms with Crippen molar-refractivity contribution in [1.29, 1.82) is 0 Å². The van der Waals surface area contributed by atoms with Crippen LogP contribution >= 0.6 is 0 Å². The van der Waals surface area contributed by atoms with Crippen LogP contribution in [0.5, 0.6) is 0 Å². The highest BCUT2D eigenvalue weighted by molar-refractivity contribution is 6.04. The van der Waals surface area contributed by atoms with Gasteiger partial charge in [-0.2, -0.15) is 0 Å². The Labute approximate surface area is 165 Å². The van der Waals surface area contributed by atoms with Gasteiger partial charge in [-0.3, -0.25) is 9.59 Å². The normalized spacial score (nSPS) is 29.7. The maximum Gasteiger partial charge on any atom is 0.338 e. The Bertz CT molecular complexity index is 821. The third-order valence-corrected chi connectivity index (χ3v) is 4.43. The molecule has 29 heavy (non-hydrogen) atoms. The van der Waals surface area contributed by atoms with Gasteiger partial charge in [0.25, 0.3) is 0 Å². The minimum Gasteiger partial charge on any atom is -0.481 e. The van der Waals surface area contributed by atoms with Crippen LogP contribution in [-0.2, 0) is 40.0 Å². The number of fused-ring (bicyclic) bond motifs is 1. The molecule has 10 nitrogen and oxygen atoms in total. The lowest BCUT2D eigenvalue weighted by molar-refractivity contribution is -0.152. The van der Waals surface area contributed by atoms with E-state index in [1.807, 2.05) is 0 Å². The molecule has 2 fully saturated rings. The van der Waals surface area contributed by atoms with Crippen molar-refractivity contribution >= 4 is 23.9 Å². The number of carbonyl (C=O) groups excluding carboxylic acids is 3. The number of hydrogen-bond acceptors (Lipinski definition) is 9. The summed E-state index contributed by atoms with van der Waals surface area (Å²) >= 11 is 0. The van der Waals surface area contributed by atoms with E-state index in [1.165, 1.54) is 6.26 Å². The van der Waals surface area contributed by atoms with Gasteiger partial charge in [-0.25, -0.2) is 9.59 Å². The molecule has 0 aromatic carbocycles. The molecule has 2 unspecified atom stereocenters. The number of cyclic esters (lactones) is 3. The van der Waals surface area contributed by atoms with E-state index in [9.17, 15) is 19.2 Å². The molecular weight excluding hydrogens is 388 g/mol. The summed E-state index contributed by atoms with van der Waals surface area (Å²) in [5.41, 5.74) is -0.787. The molecular formula is C19H20O10. The fraction of sp³-hybridized carbons (Fsp3) is 0.368. The standard InChI is InChI=1S/C9H8O5.C5H6O2.C4H2O3.CH4/c10-7(11)5-4-1-2-9(14-4)3-13-8(12)6(5)9;6-4-5-2-1-3-7-5;5-3-1-2-4(6)7-3;/h1-2,4-6H,3H2,(H,10,11);1-3,6H,4H2;1-2H;1H4/t4-,5?,6?,9-;;;/m1.../s1. The van der Waals surface area contributed by atoms with Crippen molar-refractivity contribution in [3.63, 3.8) is 0 Å². The van der Waals surface area contributed by atoms with Crippen LogP contribution in [0.2, 0.25) is 0 Å². The zero-order valence-electron chi connectivity index (χ0n) is 14.3. The molecule has 1 aromatic heterocycles. The summed E-state index contributed by atoms with van der Waals surface area (Å²) in [7, 11) is 0. The Morgan fingerprint density at radius 2 is 1.90 bits per heavy atom. The van der Waals surface area contributed by atoms with E-state index in [4.69, 9.17) is 24.1 Å². The molecule has 2 bridgehead atoms. The molecule has 4 aliphatic rings. The lowest BCUT2D eigenvalue weighted by Crippen LogP contribution is -2.38. The first-order valence-electron chi connectivity index (χ1n) is 8.20. The average molecular weight is 408 g/mol. The second kappa shape index (κ2) is 8.84. The zero-order chi connectivity index (χ0) is 20.3. The van der Waals surface area contributed by atoms with Crippen molar-refractivity contribution < 1.29 is 48.0 Å². The van der Waals surface area contributed by atoms with Gasteiger partial charge in [-0.1, -0.05) is 13.5 Å². The number of rotatable bonds is 2. The first kappa shape index (κ1) is 22.1. The summed E-state index contributed by atoms with van der Waals surface area (Å²) in [6, 6.07) is 3.46. The summed E-state index contributed by atoms with van der Waals surface area (Å²) in [6.07, 6.45) is 6.70. The number of carboxylic acid groups (broad SMARTS) is 1. The van der Waals surface area contributed by atoms with E-state index >= 15 is 0 Å². The monoisotopic (exact) mass is 408 g/mol. The Balaban J connectivity index is 0.000000170. The molecule has 156 valence electrons. The number of hydrogen-bond donors (Lipinski definition) is 2. The van der Waals surface area contributed by atoms with Gasteiger partial charge in [0.1, 0.15) is 36.4 Å². The third kappa shape index (κ3) is 4.44. The van der Waals surface area contributed by atoms with E-state index in [2.05, 4.69) is 4.74 Å². The SMILES string of the molecule is C.O=C(O)C1C2C(=O)OC[C@]23C=C[C@H]1O3.O=C1C=CC(=O)O1.OCc1ccco1. The second-order valence-corrected chi connectivity index (χ2v) is 6.16. The third-order valence-electron chi connectivity index (χ3n) is 4.43. The Hall–Kier alpha value is -3.24. The molecule has 10 heteroatoms. The van der Waals surface area contributed by atoms with E-state index in [0.717, 1.165) is 12.2 Å². The largest absolute Gasteiger partial charge is 0.481 e. The summed E-state index contributed by atoms with van der Waals surface area (Å²) < 4.78 is 19.0. The number of ether oxygens (including phenoxy) is 3. The van der Waals surface area contributed by atoms with Crippen molar-refractivity contribution in [1.82, 2.24) is 0 Å². The molecule has 1 aromatic rings. The van der Waals surface area contributed by atoms with Gasteiger partial charge < -0.3 is 28.8 Å². The number of aliphatic carboxylic acids is 1. The molecule has 2 saturated heterocycles. The molecule has 0 amide bonds. The van der Waals surface area contributed by atoms with Gasteiger partial charge in [0.05, 0.1) is 12.4 Å². The van der Waals surface area contributed by atoms with E-state index < -0.39 is 47.4 Å². The van der Waals surface area contributed by atoms with Crippen molar-refractivity contribution in [2.45, 2.75) is 25.7 Å². The molecule has 5 rings (SSSR count). The van der Waals surface area contributed by atoms with E-state index in [1.54, 1.807) is 24.3 Å². The van der Waals surface area contributed by atoms with Crippen LogP contribution in [0.4, 0.5) is 0 Å². The topological polar surface area (TPSA) is 150 Å². The summed E-state index contributed by atoms with van der Waals surface area (Å²) in [6.45, 7) is 0.139. The Kier molecular flexibility index (Phi) is 6.72. The summed E-state index contributed by atoms with van der Waals surface area (Å²) in [5.74, 6) is -3.44. The van der Waals surface area contributed by atoms with Crippen molar-refractivity contribution in [3.8, 4) is 0 Å². The minimum atomic E-state index is -0.995.